The summed E-state index contributed by atoms with van der Waals surface area (Å²) in [5.41, 5.74) is 12.6. The Bertz CT molecular complexity index is 626. The van der Waals surface area contributed by atoms with Gasteiger partial charge in [-0.15, -0.1) is 10.2 Å². The molecule has 1 fully saturated rings. The second kappa shape index (κ2) is 4.97. The van der Waals surface area contributed by atoms with Crippen LogP contribution in [0.2, 0.25) is 0 Å². The summed E-state index contributed by atoms with van der Waals surface area (Å²) in [6.07, 6.45) is 1.70. The first kappa shape index (κ1) is 12.7. The number of nitrogen functional groups attached to an aromatic ring is 1. The van der Waals surface area contributed by atoms with Crippen LogP contribution >= 0.6 is 0 Å². The number of ether oxygens (including phenoxy) is 1. The van der Waals surface area contributed by atoms with E-state index in [9.17, 15) is 5.11 Å². The third kappa shape index (κ3) is 2.37. The third-order valence-electron chi connectivity index (χ3n) is 3.39. The van der Waals surface area contributed by atoms with E-state index in [1.807, 2.05) is 6.07 Å². The predicted octanol–water partition coefficient (Wildman–Crippen LogP) is 1.30. The first-order chi connectivity index (χ1) is 9.63. The van der Waals surface area contributed by atoms with Crippen LogP contribution in [-0.2, 0) is 0 Å². The fourth-order valence-corrected chi connectivity index (χ4v) is 2.18. The van der Waals surface area contributed by atoms with Crippen LogP contribution in [0.3, 0.4) is 0 Å². The zero-order chi connectivity index (χ0) is 14.1. The quantitative estimate of drug-likeness (QED) is 0.777. The zero-order valence-corrected chi connectivity index (χ0v) is 10.9. The van der Waals surface area contributed by atoms with Crippen LogP contribution in [-0.4, -0.2) is 27.4 Å². The number of aromatic hydroxyl groups is 1. The van der Waals surface area contributed by atoms with E-state index in [4.69, 9.17) is 16.2 Å². The van der Waals surface area contributed by atoms with Crippen molar-refractivity contribution < 1.29 is 9.84 Å². The summed E-state index contributed by atoms with van der Waals surface area (Å²) in [4.78, 5) is 0. The van der Waals surface area contributed by atoms with Crippen molar-refractivity contribution in [3.63, 3.8) is 0 Å². The van der Waals surface area contributed by atoms with Crippen LogP contribution in [0.5, 0.6) is 11.5 Å². The maximum atomic E-state index is 9.84. The molecule has 1 aliphatic carbocycles. The van der Waals surface area contributed by atoms with Gasteiger partial charge in [-0.05, 0) is 25.0 Å². The minimum Gasteiger partial charge on any atom is -0.507 e. The first-order valence-electron chi connectivity index (χ1n) is 6.47. The summed E-state index contributed by atoms with van der Waals surface area (Å²) in [5, 5.41) is 17.7. The second-order valence-corrected chi connectivity index (χ2v) is 4.97. The Hall–Kier alpha value is -2.34. The molecule has 20 heavy (non-hydrogen) atoms. The van der Waals surface area contributed by atoms with Crippen molar-refractivity contribution in [2.45, 2.75) is 25.0 Å². The zero-order valence-electron chi connectivity index (χ0n) is 10.9. The molecule has 1 aromatic heterocycles. The van der Waals surface area contributed by atoms with Gasteiger partial charge in [0.05, 0.1) is 0 Å². The van der Waals surface area contributed by atoms with Crippen molar-refractivity contribution in [3.8, 4) is 22.8 Å². The monoisotopic (exact) mass is 272 g/mol. The summed E-state index contributed by atoms with van der Waals surface area (Å²) in [6, 6.07) is 8.82. The highest BCUT2D eigenvalue weighted by Gasteiger charge is 2.28. The van der Waals surface area contributed by atoms with Gasteiger partial charge in [-0.2, -0.15) is 0 Å². The average molecular weight is 272 g/mol. The summed E-state index contributed by atoms with van der Waals surface area (Å²) in [5.74, 6) is 0.864. The van der Waals surface area contributed by atoms with E-state index >= 15 is 0 Å². The van der Waals surface area contributed by atoms with E-state index in [1.165, 1.54) is 0 Å². The predicted molar refractivity (Wildman–Crippen MR) is 75.2 cm³/mol. The van der Waals surface area contributed by atoms with Gasteiger partial charge in [-0.1, -0.05) is 12.1 Å². The fraction of sp³-hybridized carbons (Fsp3) is 0.286. The molecule has 1 heterocycles. The maximum Gasteiger partial charge on any atom is 0.188 e. The number of phenols is 1. The van der Waals surface area contributed by atoms with Crippen LogP contribution < -0.4 is 16.2 Å². The minimum absolute atomic E-state index is 0.0775. The third-order valence-corrected chi connectivity index (χ3v) is 3.39. The van der Waals surface area contributed by atoms with Crippen LogP contribution in [0, 0.1) is 0 Å². The largest absolute Gasteiger partial charge is 0.507 e. The lowest BCUT2D eigenvalue weighted by Crippen LogP contribution is -2.43. The fourth-order valence-electron chi connectivity index (χ4n) is 2.18. The van der Waals surface area contributed by atoms with Crippen LogP contribution in [0.1, 0.15) is 12.8 Å². The number of aromatic nitrogens is 2. The van der Waals surface area contributed by atoms with E-state index in [2.05, 4.69) is 10.2 Å². The Kier molecular flexibility index (Phi) is 3.15. The van der Waals surface area contributed by atoms with Gasteiger partial charge in [-0.25, -0.2) is 0 Å². The summed E-state index contributed by atoms with van der Waals surface area (Å²) < 4.78 is 5.76. The molecule has 5 N–H and O–H groups in total. The number of anilines is 1. The molecule has 0 spiro atoms. The molecule has 0 radical (unpaired) electrons. The first-order valence-corrected chi connectivity index (χ1v) is 6.47. The Morgan fingerprint density at radius 2 is 1.95 bits per heavy atom. The number of hydrogen-bond donors (Lipinski definition) is 3. The lowest BCUT2D eigenvalue weighted by molar-refractivity contribution is 0.101. The molecular weight excluding hydrogens is 256 g/mol. The average Bonchev–Trinajstić information content (AvgIpc) is 2.40. The molecule has 6 nitrogen and oxygen atoms in total. The molecule has 1 aliphatic rings. The molecule has 0 saturated heterocycles. The molecule has 0 bridgehead atoms. The number of nitrogens with zero attached hydrogens (tertiary/aromatic N) is 2. The van der Waals surface area contributed by atoms with Gasteiger partial charge in [0.2, 0.25) is 0 Å². The molecule has 3 rings (SSSR count). The van der Waals surface area contributed by atoms with Gasteiger partial charge < -0.3 is 21.3 Å². The topological polar surface area (TPSA) is 107 Å². The van der Waals surface area contributed by atoms with Crippen molar-refractivity contribution in [2.24, 2.45) is 5.73 Å². The van der Waals surface area contributed by atoms with Gasteiger partial charge in [-0.3, -0.25) is 0 Å². The van der Waals surface area contributed by atoms with Crippen LogP contribution in [0.15, 0.2) is 30.3 Å². The van der Waals surface area contributed by atoms with E-state index in [0.717, 1.165) is 12.8 Å². The van der Waals surface area contributed by atoms with Gasteiger partial charge >= 0.3 is 0 Å². The van der Waals surface area contributed by atoms with Gasteiger partial charge in [0.1, 0.15) is 17.5 Å². The number of para-hydroxylation sites is 1. The number of nitrogens with two attached hydrogens (primary N) is 2. The van der Waals surface area contributed by atoms with Crippen molar-refractivity contribution in [1.29, 1.82) is 0 Å². The molecule has 1 aromatic carbocycles. The molecule has 0 atom stereocenters. The van der Waals surface area contributed by atoms with Crippen LogP contribution in [0.4, 0.5) is 5.82 Å². The van der Waals surface area contributed by atoms with E-state index in [0.29, 0.717) is 17.0 Å². The highest BCUT2D eigenvalue weighted by Crippen LogP contribution is 2.32. The van der Waals surface area contributed by atoms with Crippen molar-refractivity contribution in [1.82, 2.24) is 10.2 Å². The van der Waals surface area contributed by atoms with Crippen LogP contribution in [0.25, 0.3) is 11.3 Å². The highest BCUT2D eigenvalue weighted by atomic mass is 16.5. The smallest absolute Gasteiger partial charge is 0.188 e. The molecular formula is C14H16N4O2. The number of benzene rings is 1. The summed E-state index contributed by atoms with van der Waals surface area (Å²) >= 11 is 0. The molecule has 0 unspecified atom stereocenters. The lowest BCUT2D eigenvalue weighted by Gasteiger charge is -2.32. The van der Waals surface area contributed by atoms with E-state index in [1.54, 1.807) is 24.3 Å². The molecule has 1 saturated carbocycles. The van der Waals surface area contributed by atoms with Crippen molar-refractivity contribution in [2.75, 3.05) is 5.73 Å². The van der Waals surface area contributed by atoms with E-state index < -0.39 is 0 Å². The number of phenolic OH excluding ortho intramolecular Hbond substituents is 1. The van der Waals surface area contributed by atoms with Gasteiger partial charge in [0.25, 0.3) is 0 Å². The minimum atomic E-state index is 0.0775. The van der Waals surface area contributed by atoms with Gasteiger partial charge in [0.15, 0.2) is 11.6 Å². The Morgan fingerprint density at radius 1 is 1.20 bits per heavy atom. The van der Waals surface area contributed by atoms with Crippen molar-refractivity contribution >= 4 is 5.82 Å². The molecule has 104 valence electrons. The Labute approximate surface area is 116 Å². The second-order valence-electron chi connectivity index (χ2n) is 4.97. The summed E-state index contributed by atoms with van der Waals surface area (Å²) in [7, 11) is 0. The molecule has 2 aromatic rings. The molecule has 0 amide bonds. The maximum absolute atomic E-state index is 9.84. The standard InChI is InChI=1S/C14H16N4O2/c15-8-5-9(6-8)20-13-7-11(17-18-14(13)16)10-3-1-2-4-12(10)19/h1-4,7-9,19H,5-6,15H2,(H2,16,18). The Balaban J connectivity index is 1.88. The Morgan fingerprint density at radius 3 is 2.65 bits per heavy atom. The van der Waals surface area contributed by atoms with Crippen molar-refractivity contribution in [3.05, 3.63) is 30.3 Å². The SMILES string of the molecule is Nc1nnc(-c2ccccc2O)cc1OC1CC(N)C1. The van der Waals surface area contributed by atoms with E-state index in [-0.39, 0.29) is 23.7 Å². The molecule has 0 aliphatic heterocycles. The lowest BCUT2D eigenvalue weighted by atomic mass is 9.90. The number of rotatable bonds is 3. The summed E-state index contributed by atoms with van der Waals surface area (Å²) in [6.45, 7) is 0. The molecule has 6 heteroatoms. The van der Waals surface area contributed by atoms with Gasteiger partial charge in [0, 0.05) is 17.7 Å². The number of hydrogen-bond acceptors (Lipinski definition) is 6. The normalized spacial score (nSPS) is 21.2. The highest BCUT2D eigenvalue weighted by molar-refractivity contribution is 5.68.